The molecule has 1 aliphatic rings. The summed E-state index contributed by atoms with van der Waals surface area (Å²) in [6, 6.07) is 6.78. The van der Waals surface area contributed by atoms with Crippen LogP contribution in [0.15, 0.2) is 24.3 Å². The molecule has 0 aliphatic heterocycles. The Bertz CT molecular complexity index is 552. The van der Waals surface area contributed by atoms with E-state index in [4.69, 9.17) is 5.11 Å². The van der Waals surface area contributed by atoms with Gasteiger partial charge in [0.2, 0.25) is 5.91 Å². The molecule has 1 aromatic rings. The summed E-state index contributed by atoms with van der Waals surface area (Å²) in [7, 11) is 0. The van der Waals surface area contributed by atoms with Crippen LogP contribution in [0.2, 0.25) is 0 Å². The summed E-state index contributed by atoms with van der Waals surface area (Å²) in [4.78, 5) is 33.9. The van der Waals surface area contributed by atoms with Crippen molar-refractivity contribution < 1.29 is 19.5 Å². The number of nitrogens with one attached hydrogen (secondary N) is 2. The molecule has 0 heterocycles. The average molecular weight is 290 g/mol. The number of rotatable bonds is 6. The largest absolute Gasteiger partial charge is 0.480 e. The molecular weight excluding hydrogens is 272 g/mol. The zero-order chi connectivity index (χ0) is 15.2. The topological polar surface area (TPSA) is 95.5 Å². The molecule has 3 N–H and O–H groups in total. The fraction of sp³-hybridized carbons (Fsp3) is 0.400. The highest BCUT2D eigenvalue weighted by molar-refractivity contribution is 5.95. The van der Waals surface area contributed by atoms with Gasteiger partial charge in [0.15, 0.2) is 0 Å². The number of aliphatic carboxylic acids is 1. The molecule has 0 radical (unpaired) electrons. The van der Waals surface area contributed by atoms with E-state index in [-0.39, 0.29) is 11.8 Å². The number of carboxylic acid groups (broad SMARTS) is 1. The number of benzene rings is 1. The molecule has 21 heavy (non-hydrogen) atoms. The van der Waals surface area contributed by atoms with Crippen LogP contribution in [0.1, 0.15) is 35.2 Å². The SMILES string of the molecule is O=C(O)CNC(=O)c1cccc(CNC(=O)C2CCC2)c1. The minimum absolute atomic E-state index is 0.0574. The lowest BCUT2D eigenvalue weighted by atomic mass is 9.85. The number of amides is 2. The third kappa shape index (κ3) is 4.30. The van der Waals surface area contributed by atoms with Crippen molar-refractivity contribution in [2.45, 2.75) is 25.8 Å². The van der Waals surface area contributed by atoms with Crippen LogP contribution in [-0.2, 0) is 16.1 Å². The predicted molar refractivity (Wildman–Crippen MR) is 75.6 cm³/mol. The predicted octanol–water partition coefficient (Wildman–Crippen LogP) is 0.917. The van der Waals surface area contributed by atoms with Crippen molar-refractivity contribution >= 4 is 17.8 Å². The van der Waals surface area contributed by atoms with E-state index in [0.717, 1.165) is 24.8 Å². The van der Waals surface area contributed by atoms with E-state index < -0.39 is 18.4 Å². The first-order valence-electron chi connectivity index (χ1n) is 6.93. The maximum atomic E-state index is 11.7. The fourth-order valence-electron chi connectivity index (χ4n) is 2.08. The minimum atomic E-state index is -1.09. The van der Waals surface area contributed by atoms with Gasteiger partial charge in [0.25, 0.3) is 5.91 Å². The van der Waals surface area contributed by atoms with Crippen LogP contribution in [0.3, 0.4) is 0 Å². The van der Waals surface area contributed by atoms with E-state index in [1.165, 1.54) is 0 Å². The summed E-state index contributed by atoms with van der Waals surface area (Å²) in [5.41, 5.74) is 1.19. The molecule has 1 aliphatic carbocycles. The number of carboxylic acids is 1. The van der Waals surface area contributed by atoms with Gasteiger partial charge in [-0.05, 0) is 30.5 Å². The average Bonchev–Trinajstić information content (AvgIpc) is 2.41. The Kier molecular flexibility index (Phi) is 4.92. The molecule has 0 bridgehead atoms. The Morgan fingerprint density at radius 2 is 1.95 bits per heavy atom. The zero-order valence-corrected chi connectivity index (χ0v) is 11.6. The summed E-state index contributed by atoms with van der Waals surface area (Å²) in [6.45, 7) is -0.0448. The molecule has 112 valence electrons. The van der Waals surface area contributed by atoms with E-state index in [1.54, 1.807) is 18.2 Å². The Morgan fingerprint density at radius 3 is 2.57 bits per heavy atom. The highest BCUT2D eigenvalue weighted by atomic mass is 16.4. The second-order valence-corrected chi connectivity index (χ2v) is 5.12. The number of hydrogen-bond donors (Lipinski definition) is 3. The van der Waals surface area contributed by atoms with E-state index in [2.05, 4.69) is 10.6 Å². The number of carbonyl (C=O) groups is 3. The number of carbonyl (C=O) groups excluding carboxylic acids is 2. The Balaban J connectivity index is 1.89. The Morgan fingerprint density at radius 1 is 1.19 bits per heavy atom. The van der Waals surface area contributed by atoms with Gasteiger partial charge in [0.1, 0.15) is 6.54 Å². The van der Waals surface area contributed by atoms with Crippen LogP contribution in [0.5, 0.6) is 0 Å². The molecular formula is C15H18N2O4. The smallest absolute Gasteiger partial charge is 0.322 e. The molecule has 6 nitrogen and oxygen atoms in total. The summed E-state index contributed by atoms with van der Waals surface area (Å²) in [5, 5.41) is 13.7. The maximum absolute atomic E-state index is 11.7. The standard InChI is InChI=1S/C15H18N2O4/c18-13(19)9-17-15(21)12-6-1-3-10(7-12)8-16-14(20)11-4-2-5-11/h1,3,6-7,11H,2,4-5,8-9H2,(H,16,20)(H,17,21)(H,18,19). The lowest BCUT2D eigenvalue weighted by Gasteiger charge is -2.24. The Labute approximate surface area is 122 Å². The molecule has 1 aromatic carbocycles. The van der Waals surface area contributed by atoms with Gasteiger partial charge in [0, 0.05) is 18.0 Å². The second-order valence-electron chi connectivity index (χ2n) is 5.12. The maximum Gasteiger partial charge on any atom is 0.322 e. The van der Waals surface area contributed by atoms with Gasteiger partial charge >= 0.3 is 5.97 Å². The van der Waals surface area contributed by atoms with Crippen molar-refractivity contribution in [1.29, 1.82) is 0 Å². The third-order valence-corrected chi connectivity index (χ3v) is 3.53. The first-order chi connectivity index (χ1) is 10.1. The van der Waals surface area contributed by atoms with Crippen LogP contribution in [0.25, 0.3) is 0 Å². The van der Waals surface area contributed by atoms with Crippen molar-refractivity contribution in [3.05, 3.63) is 35.4 Å². The van der Waals surface area contributed by atoms with Crippen LogP contribution in [-0.4, -0.2) is 29.4 Å². The lowest BCUT2D eigenvalue weighted by Crippen LogP contribution is -2.34. The molecule has 0 aromatic heterocycles. The highest BCUT2D eigenvalue weighted by Gasteiger charge is 2.24. The molecule has 0 saturated heterocycles. The molecule has 0 spiro atoms. The van der Waals surface area contributed by atoms with Gasteiger partial charge in [-0.15, -0.1) is 0 Å². The lowest BCUT2D eigenvalue weighted by molar-refractivity contribution is -0.135. The zero-order valence-electron chi connectivity index (χ0n) is 11.6. The summed E-state index contributed by atoms with van der Waals surface area (Å²) in [6.07, 6.45) is 3.00. The first-order valence-corrected chi connectivity index (χ1v) is 6.93. The van der Waals surface area contributed by atoms with Gasteiger partial charge < -0.3 is 15.7 Å². The van der Waals surface area contributed by atoms with Crippen molar-refractivity contribution in [3.63, 3.8) is 0 Å². The summed E-state index contributed by atoms with van der Waals surface area (Å²) in [5.74, 6) is -1.34. The van der Waals surface area contributed by atoms with Crippen molar-refractivity contribution in [2.24, 2.45) is 5.92 Å². The number of hydrogen-bond acceptors (Lipinski definition) is 3. The van der Waals surface area contributed by atoms with Crippen LogP contribution < -0.4 is 10.6 Å². The van der Waals surface area contributed by atoms with Crippen molar-refractivity contribution in [3.8, 4) is 0 Å². The van der Waals surface area contributed by atoms with E-state index in [0.29, 0.717) is 12.1 Å². The fourth-order valence-corrected chi connectivity index (χ4v) is 2.08. The molecule has 0 unspecified atom stereocenters. The van der Waals surface area contributed by atoms with E-state index >= 15 is 0 Å². The molecule has 0 atom stereocenters. The first kappa shape index (κ1) is 15.0. The monoisotopic (exact) mass is 290 g/mol. The Hall–Kier alpha value is -2.37. The third-order valence-electron chi connectivity index (χ3n) is 3.53. The molecule has 6 heteroatoms. The van der Waals surface area contributed by atoms with Gasteiger partial charge in [-0.25, -0.2) is 0 Å². The van der Waals surface area contributed by atoms with Gasteiger partial charge in [0.05, 0.1) is 0 Å². The van der Waals surface area contributed by atoms with Gasteiger partial charge in [-0.1, -0.05) is 18.6 Å². The van der Waals surface area contributed by atoms with Gasteiger partial charge in [-0.2, -0.15) is 0 Å². The molecule has 2 amide bonds. The molecule has 1 saturated carbocycles. The summed E-state index contributed by atoms with van der Waals surface area (Å²) >= 11 is 0. The molecule has 1 fully saturated rings. The van der Waals surface area contributed by atoms with Gasteiger partial charge in [-0.3, -0.25) is 14.4 Å². The quantitative estimate of drug-likeness (QED) is 0.726. The highest BCUT2D eigenvalue weighted by Crippen LogP contribution is 2.26. The normalized spacial score (nSPS) is 14.1. The second kappa shape index (κ2) is 6.88. The van der Waals surface area contributed by atoms with Crippen LogP contribution in [0, 0.1) is 5.92 Å². The summed E-state index contributed by atoms with van der Waals surface area (Å²) < 4.78 is 0. The van der Waals surface area contributed by atoms with Crippen LogP contribution in [0.4, 0.5) is 0 Å². The van der Waals surface area contributed by atoms with Crippen molar-refractivity contribution in [2.75, 3.05) is 6.54 Å². The van der Waals surface area contributed by atoms with E-state index in [1.807, 2.05) is 6.07 Å². The van der Waals surface area contributed by atoms with E-state index in [9.17, 15) is 14.4 Å². The molecule has 2 rings (SSSR count). The minimum Gasteiger partial charge on any atom is -0.480 e. The van der Waals surface area contributed by atoms with Crippen LogP contribution >= 0.6 is 0 Å². The van der Waals surface area contributed by atoms with Crippen molar-refractivity contribution in [1.82, 2.24) is 10.6 Å².